The fraction of sp³-hybridized carbons (Fsp3) is 0.385. The summed E-state index contributed by atoms with van der Waals surface area (Å²) in [5.74, 6) is 0.476. The van der Waals surface area contributed by atoms with Gasteiger partial charge in [0.25, 0.3) is 0 Å². The average Bonchev–Trinajstić information content (AvgIpc) is 2.20. The molecule has 1 N–H and O–H groups in total. The zero-order valence-electron chi connectivity index (χ0n) is 9.33. The molecule has 0 spiro atoms. The Labute approximate surface area is 91.0 Å². The topological polar surface area (TPSA) is 12.0 Å². The number of benzene rings is 1. The number of halogens is 1. The average molecular weight is 207 g/mol. The second kappa shape index (κ2) is 6.36. The van der Waals surface area contributed by atoms with Crippen LogP contribution < -0.4 is 5.32 Å². The molecule has 0 bridgehead atoms. The van der Waals surface area contributed by atoms with Crippen LogP contribution in [0.5, 0.6) is 0 Å². The van der Waals surface area contributed by atoms with E-state index in [0.717, 1.165) is 13.1 Å². The van der Waals surface area contributed by atoms with Gasteiger partial charge < -0.3 is 5.32 Å². The van der Waals surface area contributed by atoms with Gasteiger partial charge >= 0.3 is 0 Å². The number of rotatable bonds is 5. The first-order chi connectivity index (χ1) is 7.20. The van der Waals surface area contributed by atoms with Crippen molar-refractivity contribution in [3.8, 4) is 0 Å². The Bertz CT molecular complexity index is 318. The van der Waals surface area contributed by atoms with E-state index in [0.29, 0.717) is 11.5 Å². The van der Waals surface area contributed by atoms with Crippen LogP contribution in [0.15, 0.2) is 30.3 Å². The van der Waals surface area contributed by atoms with Crippen LogP contribution in [0.4, 0.5) is 4.39 Å². The first-order valence-electron chi connectivity index (χ1n) is 5.32. The van der Waals surface area contributed by atoms with E-state index < -0.39 is 0 Å². The Hall–Kier alpha value is -1.15. The summed E-state index contributed by atoms with van der Waals surface area (Å²) in [6, 6.07) is 6.78. The minimum atomic E-state index is -0.169. The first-order valence-corrected chi connectivity index (χ1v) is 5.32. The third-order valence-electron chi connectivity index (χ3n) is 2.02. The summed E-state index contributed by atoms with van der Waals surface area (Å²) < 4.78 is 13.2. The normalized spacial score (nSPS) is 11.5. The minimum absolute atomic E-state index is 0.169. The van der Waals surface area contributed by atoms with E-state index in [1.807, 2.05) is 18.2 Å². The molecule has 0 aliphatic rings. The Morgan fingerprint density at radius 3 is 2.73 bits per heavy atom. The van der Waals surface area contributed by atoms with Crippen molar-refractivity contribution in [3.63, 3.8) is 0 Å². The van der Waals surface area contributed by atoms with Gasteiger partial charge in [0.1, 0.15) is 5.82 Å². The molecular weight excluding hydrogens is 189 g/mol. The van der Waals surface area contributed by atoms with Crippen molar-refractivity contribution in [2.75, 3.05) is 13.1 Å². The number of hydrogen-bond donors (Lipinski definition) is 1. The smallest absolute Gasteiger partial charge is 0.130 e. The summed E-state index contributed by atoms with van der Waals surface area (Å²) >= 11 is 0. The van der Waals surface area contributed by atoms with E-state index in [1.165, 1.54) is 6.07 Å². The van der Waals surface area contributed by atoms with Crippen molar-refractivity contribution in [3.05, 3.63) is 41.7 Å². The van der Waals surface area contributed by atoms with E-state index in [-0.39, 0.29) is 5.82 Å². The highest BCUT2D eigenvalue weighted by molar-refractivity contribution is 5.49. The van der Waals surface area contributed by atoms with Crippen molar-refractivity contribution in [2.45, 2.75) is 13.8 Å². The third kappa shape index (κ3) is 4.75. The molecule has 0 saturated carbocycles. The fourth-order valence-corrected chi connectivity index (χ4v) is 1.25. The van der Waals surface area contributed by atoms with E-state index in [4.69, 9.17) is 0 Å². The van der Waals surface area contributed by atoms with Crippen LogP contribution in [0.1, 0.15) is 19.4 Å². The van der Waals surface area contributed by atoms with E-state index >= 15 is 0 Å². The van der Waals surface area contributed by atoms with Gasteiger partial charge in [-0.1, -0.05) is 44.2 Å². The summed E-state index contributed by atoms with van der Waals surface area (Å²) in [5, 5.41) is 3.27. The van der Waals surface area contributed by atoms with Crippen molar-refractivity contribution >= 4 is 6.08 Å². The molecule has 2 heteroatoms. The van der Waals surface area contributed by atoms with Gasteiger partial charge in [0.2, 0.25) is 0 Å². The lowest BCUT2D eigenvalue weighted by molar-refractivity contribution is 0.577. The van der Waals surface area contributed by atoms with Gasteiger partial charge in [0.15, 0.2) is 0 Å². The van der Waals surface area contributed by atoms with E-state index in [2.05, 4.69) is 19.2 Å². The molecule has 1 nitrogen and oxygen atoms in total. The Balaban J connectivity index is 2.35. The van der Waals surface area contributed by atoms with Gasteiger partial charge in [-0.15, -0.1) is 0 Å². The standard InChI is InChI=1S/C13H18FN/c1-11(2)10-15-9-5-7-12-6-3-4-8-13(12)14/h3-8,11,15H,9-10H2,1-2H3. The van der Waals surface area contributed by atoms with Crippen LogP contribution in [-0.2, 0) is 0 Å². The van der Waals surface area contributed by atoms with Gasteiger partial charge in [-0.05, 0) is 18.5 Å². The van der Waals surface area contributed by atoms with Crippen molar-refractivity contribution in [2.24, 2.45) is 5.92 Å². The van der Waals surface area contributed by atoms with Crippen LogP contribution >= 0.6 is 0 Å². The lowest BCUT2D eigenvalue weighted by Gasteiger charge is -2.03. The SMILES string of the molecule is CC(C)CNCC=Cc1ccccc1F. The predicted octanol–water partition coefficient (Wildman–Crippen LogP) is 3.08. The lowest BCUT2D eigenvalue weighted by atomic mass is 10.2. The monoisotopic (exact) mass is 207 g/mol. The van der Waals surface area contributed by atoms with Crippen molar-refractivity contribution in [1.82, 2.24) is 5.32 Å². The second-order valence-corrected chi connectivity index (χ2v) is 3.98. The highest BCUT2D eigenvalue weighted by Gasteiger charge is 1.94. The molecule has 1 aromatic rings. The highest BCUT2D eigenvalue weighted by Crippen LogP contribution is 2.07. The van der Waals surface area contributed by atoms with E-state index in [9.17, 15) is 4.39 Å². The van der Waals surface area contributed by atoms with Crippen molar-refractivity contribution < 1.29 is 4.39 Å². The molecule has 0 aliphatic heterocycles. The number of nitrogens with one attached hydrogen (secondary N) is 1. The molecule has 1 rings (SSSR count). The second-order valence-electron chi connectivity index (χ2n) is 3.98. The highest BCUT2D eigenvalue weighted by atomic mass is 19.1. The van der Waals surface area contributed by atoms with Gasteiger partial charge in [-0.2, -0.15) is 0 Å². The summed E-state index contributed by atoms with van der Waals surface area (Å²) in [6.45, 7) is 6.09. The zero-order valence-corrected chi connectivity index (χ0v) is 9.33. The molecule has 0 aromatic heterocycles. The lowest BCUT2D eigenvalue weighted by Crippen LogP contribution is -2.19. The molecule has 0 saturated heterocycles. The van der Waals surface area contributed by atoms with Gasteiger partial charge in [0, 0.05) is 12.1 Å². The van der Waals surface area contributed by atoms with Crippen LogP contribution in [-0.4, -0.2) is 13.1 Å². The molecule has 15 heavy (non-hydrogen) atoms. The quantitative estimate of drug-likeness (QED) is 0.732. The van der Waals surface area contributed by atoms with Gasteiger partial charge in [-0.25, -0.2) is 4.39 Å². The first kappa shape index (κ1) is 11.9. The molecule has 0 heterocycles. The predicted molar refractivity (Wildman–Crippen MR) is 63.1 cm³/mol. The van der Waals surface area contributed by atoms with Crippen molar-refractivity contribution in [1.29, 1.82) is 0 Å². The molecule has 0 atom stereocenters. The molecule has 1 aromatic carbocycles. The summed E-state index contributed by atoms with van der Waals surface area (Å²) in [5.41, 5.74) is 0.642. The Morgan fingerprint density at radius 2 is 2.07 bits per heavy atom. The van der Waals surface area contributed by atoms with Crippen LogP contribution in [0.2, 0.25) is 0 Å². The summed E-state index contributed by atoms with van der Waals surface area (Å²) in [7, 11) is 0. The number of hydrogen-bond acceptors (Lipinski definition) is 1. The third-order valence-corrected chi connectivity index (χ3v) is 2.02. The summed E-state index contributed by atoms with van der Waals surface area (Å²) in [6.07, 6.45) is 3.75. The zero-order chi connectivity index (χ0) is 11.1. The van der Waals surface area contributed by atoms with Crippen LogP contribution in [0.3, 0.4) is 0 Å². The fourth-order valence-electron chi connectivity index (χ4n) is 1.25. The van der Waals surface area contributed by atoms with Crippen LogP contribution in [0, 0.1) is 11.7 Å². The van der Waals surface area contributed by atoms with Gasteiger partial charge in [-0.3, -0.25) is 0 Å². The molecule has 0 aliphatic carbocycles. The molecular formula is C13H18FN. The maximum absolute atomic E-state index is 13.2. The Kier molecular flexibility index (Phi) is 5.05. The summed E-state index contributed by atoms with van der Waals surface area (Å²) in [4.78, 5) is 0. The molecule has 0 unspecified atom stereocenters. The molecule has 0 radical (unpaired) electrons. The largest absolute Gasteiger partial charge is 0.313 e. The molecule has 0 fully saturated rings. The molecule has 0 amide bonds. The maximum atomic E-state index is 13.2. The van der Waals surface area contributed by atoms with Crippen LogP contribution in [0.25, 0.3) is 6.08 Å². The van der Waals surface area contributed by atoms with E-state index in [1.54, 1.807) is 12.1 Å². The maximum Gasteiger partial charge on any atom is 0.130 e. The van der Waals surface area contributed by atoms with Gasteiger partial charge in [0.05, 0.1) is 0 Å². The Morgan fingerprint density at radius 1 is 1.33 bits per heavy atom. The minimum Gasteiger partial charge on any atom is -0.313 e. The molecule has 82 valence electrons.